The summed E-state index contributed by atoms with van der Waals surface area (Å²) in [4.78, 5) is 12.2. The Labute approximate surface area is 122 Å². The zero-order valence-electron chi connectivity index (χ0n) is 10.8. The molecule has 2 nitrogen and oxygen atoms in total. The highest BCUT2D eigenvalue weighted by Gasteiger charge is 2.12. The Morgan fingerprint density at radius 3 is 2.40 bits per heavy atom. The van der Waals surface area contributed by atoms with Crippen LogP contribution in [0.4, 0.5) is 0 Å². The first kappa shape index (κ1) is 12.8. The van der Waals surface area contributed by atoms with Crippen molar-refractivity contribution in [2.45, 2.75) is 6.54 Å². The van der Waals surface area contributed by atoms with Crippen molar-refractivity contribution in [2.24, 2.45) is 0 Å². The van der Waals surface area contributed by atoms with Crippen molar-refractivity contribution in [3.8, 4) is 0 Å². The van der Waals surface area contributed by atoms with Gasteiger partial charge in [-0.3, -0.25) is 4.79 Å². The van der Waals surface area contributed by atoms with E-state index >= 15 is 0 Å². The summed E-state index contributed by atoms with van der Waals surface area (Å²) in [7, 11) is 0. The highest BCUT2D eigenvalue weighted by molar-refractivity contribution is 6.30. The third-order valence-electron chi connectivity index (χ3n) is 3.24. The number of aromatic nitrogens is 1. The predicted octanol–water partition coefficient (Wildman–Crippen LogP) is 3.66. The number of rotatable bonds is 3. The van der Waals surface area contributed by atoms with E-state index in [4.69, 9.17) is 11.6 Å². The van der Waals surface area contributed by atoms with Crippen LogP contribution >= 0.6 is 11.6 Å². The molecule has 0 fully saturated rings. The van der Waals surface area contributed by atoms with Gasteiger partial charge < -0.3 is 0 Å². The lowest BCUT2D eigenvalue weighted by molar-refractivity contribution is -0.681. The zero-order chi connectivity index (χ0) is 13.9. The van der Waals surface area contributed by atoms with Crippen LogP contribution in [0.15, 0.2) is 67.0 Å². The molecule has 0 unspecified atom stereocenters. The number of hydrogen-bond acceptors (Lipinski definition) is 1. The van der Waals surface area contributed by atoms with Gasteiger partial charge in [-0.1, -0.05) is 29.8 Å². The molecule has 3 aromatic rings. The summed E-state index contributed by atoms with van der Waals surface area (Å²) in [6.45, 7) is 0.326. The van der Waals surface area contributed by atoms with Gasteiger partial charge in [0.15, 0.2) is 12.4 Å². The van der Waals surface area contributed by atoms with Crippen LogP contribution in [0.1, 0.15) is 10.4 Å². The topological polar surface area (TPSA) is 20.9 Å². The van der Waals surface area contributed by atoms with E-state index in [9.17, 15) is 4.79 Å². The number of pyridine rings is 1. The molecule has 0 aliphatic heterocycles. The molecule has 0 atom stereocenters. The van der Waals surface area contributed by atoms with Gasteiger partial charge in [0.25, 0.3) is 0 Å². The second kappa shape index (κ2) is 5.43. The maximum Gasteiger partial charge on any atom is 0.227 e. The molecule has 0 saturated carbocycles. The summed E-state index contributed by atoms with van der Waals surface area (Å²) in [6, 6.07) is 17.1. The summed E-state index contributed by atoms with van der Waals surface area (Å²) in [5, 5.41) is 2.93. The number of benzene rings is 2. The highest BCUT2D eigenvalue weighted by Crippen LogP contribution is 2.11. The molecule has 0 amide bonds. The van der Waals surface area contributed by atoms with E-state index in [1.54, 1.807) is 24.3 Å². The quantitative estimate of drug-likeness (QED) is 0.530. The minimum Gasteiger partial charge on any atom is -0.287 e. The Kier molecular flexibility index (Phi) is 3.48. The molecular formula is C17H13ClNO+. The van der Waals surface area contributed by atoms with Gasteiger partial charge in [-0.2, -0.15) is 4.57 Å². The molecule has 1 aromatic heterocycles. The van der Waals surface area contributed by atoms with Crippen molar-refractivity contribution in [2.75, 3.05) is 0 Å². The molecule has 0 N–H and O–H groups in total. The Balaban J connectivity index is 1.85. The predicted molar refractivity (Wildman–Crippen MR) is 79.9 cm³/mol. The highest BCUT2D eigenvalue weighted by atomic mass is 35.5. The average molecular weight is 283 g/mol. The van der Waals surface area contributed by atoms with Crippen molar-refractivity contribution >= 4 is 28.2 Å². The third-order valence-corrected chi connectivity index (χ3v) is 3.49. The maximum absolute atomic E-state index is 12.2. The van der Waals surface area contributed by atoms with E-state index in [-0.39, 0.29) is 5.78 Å². The van der Waals surface area contributed by atoms with E-state index in [1.165, 1.54) is 5.39 Å². The third kappa shape index (κ3) is 2.70. The van der Waals surface area contributed by atoms with Crippen molar-refractivity contribution in [1.82, 2.24) is 0 Å². The van der Waals surface area contributed by atoms with Gasteiger partial charge in [-0.05, 0) is 35.7 Å². The number of nitrogens with zero attached hydrogens (tertiary/aromatic N) is 1. The number of halogens is 1. The van der Waals surface area contributed by atoms with Gasteiger partial charge in [-0.15, -0.1) is 0 Å². The van der Waals surface area contributed by atoms with E-state index < -0.39 is 0 Å². The molecule has 3 rings (SSSR count). The van der Waals surface area contributed by atoms with Crippen LogP contribution in [0.25, 0.3) is 10.8 Å². The molecule has 0 aliphatic carbocycles. The van der Waals surface area contributed by atoms with E-state index in [2.05, 4.69) is 6.07 Å². The molecule has 0 radical (unpaired) electrons. The van der Waals surface area contributed by atoms with Gasteiger partial charge in [0.2, 0.25) is 12.3 Å². The van der Waals surface area contributed by atoms with Gasteiger partial charge >= 0.3 is 0 Å². The molecule has 98 valence electrons. The smallest absolute Gasteiger partial charge is 0.227 e. The molecule has 1 heterocycles. The SMILES string of the molecule is O=C(C[n+]1ccc2ccccc2c1)c1ccc(Cl)cc1. The molecule has 0 aliphatic rings. The Morgan fingerprint density at radius 2 is 1.65 bits per heavy atom. The number of carbonyl (C=O) groups excluding carboxylic acids is 1. The first-order valence-corrected chi connectivity index (χ1v) is 6.77. The number of fused-ring (bicyclic) bond motifs is 1. The number of hydrogen-bond donors (Lipinski definition) is 0. The lowest BCUT2D eigenvalue weighted by Gasteiger charge is -2.00. The molecule has 2 aromatic carbocycles. The summed E-state index contributed by atoms with van der Waals surface area (Å²) in [5.74, 6) is 0.0712. The summed E-state index contributed by atoms with van der Waals surface area (Å²) in [5.41, 5.74) is 0.676. The van der Waals surface area contributed by atoms with Crippen molar-refractivity contribution in [3.63, 3.8) is 0 Å². The van der Waals surface area contributed by atoms with Crippen LogP contribution in [0.3, 0.4) is 0 Å². The summed E-state index contributed by atoms with van der Waals surface area (Å²) >= 11 is 5.83. The molecular weight excluding hydrogens is 270 g/mol. The molecule has 20 heavy (non-hydrogen) atoms. The molecule has 0 saturated heterocycles. The largest absolute Gasteiger partial charge is 0.287 e. The second-order valence-electron chi connectivity index (χ2n) is 4.68. The van der Waals surface area contributed by atoms with Gasteiger partial charge in [0, 0.05) is 22.0 Å². The van der Waals surface area contributed by atoms with Crippen LogP contribution in [0.2, 0.25) is 5.02 Å². The van der Waals surface area contributed by atoms with Crippen molar-refractivity contribution < 1.29 is 9.36 Å². The Bertz CT molecular complexity index is 765. The lowest BCUT2D eigenvalue weighted by Crippen LogP contribution is -2.37. The van der Waals surface area contributed by atoms with Crippen LogP contribution in [-0.4, -0.2) is 5.78 Å². The van der Waals surface area contributed by atoms with Gasteiger partial charge in [0.1, 0.15) is 0 Å². The average Bonchev–Trinajstić information content (AvgIpc) is 2.48. The number of Topliss-reactive ketones (excluding diaryl/α,β-unsaturated/α-hetero) is 1. The Hall–Kier alpha value is -2.19. The van der Waals surface area contributed by atoms with Crippen LogP contribution in [0, 0.1) is 0 Å². The number of ketones is 1. The zero-order valence-corrected chi connectivity index (χ0v) is 11.5. The van der Waals surface area contributed by atoms with Crippen LogP contribution < -0.4 is 4.57 Å². The van der Waals surface area contributed by atoms with Crippen LogP contribution in [-0.2, 0) is 6.54 Å². The van der Waals surface area contributed by atoms with E-state index in [0.29, 0.717) is 17.1 Å². The normalized spacial score (nSPS) is 10.7. The first-order valence-electron chi connectivity index (χ1n) is 6.39. The molecule has 3 heteroatoms. The fraction of sp³-hybridized carbons (Fsp3) is 0.0588. The summed E-state index contributed by atoms with van der Waals surface area (Å²) < 4.78 is 1.90. The van der Waals surface area contributed by atoms with Crippen LogP contribution in [0.5, 0.6) is 0 Å². The monoisotopic (exact) mass is 282 g/mol. The van der Waals surface area contributed by atoms with Gasteiger partial charge in [0.05, 0.1) is 0 Å². The number of carbonyl (C=O) groups is 1. The van der Waals surface area contributed by atoms with E-state index in [1.807, 2.05) is 41.2 Å². The minimum atomic E-state index is 0.0712. The standard InChI is InChI=1S/C17H13ClNO/c18-16-7-5-14(6-8-16)17(20)12-19-10-9-13-3-1-2-4-15(13)11-19/h1-11H,12H2/q+1. The first-order chi connectivity index (χ1) is 9.72. The molecule has 0 bridgehead atoms. The van der Waals surface area contributed by atoms with Crippen molar-refractivity contribution in [3.05, 3.63) is 77.6 Å². The fourth-order valence-electron chi connectivity index (χ4n) is 2.17. The fourth-order valence-corrected chi connectivity index (χ4v) is 2.30. The summed E-state index contributed by atoms with van der Waals surface area (Å²) in [6.07, 6.45) is 3.92. The maximum atomic E-state index is 12.2. The van der Waals surface area contributed by atoms with Crippen molar-refractivity contribution in [1.29, 1.82) is 0 Å². The lowest BCUT2D eigenvalue weighted by atomic mass is 10.1. The molecule has 0 spiro atoms. The van der Waals surface area contributed by atoms with E-state index in [0.717, 1.165) is 5.39 Å². The Morgan fingerprint density at radius 1 is 0.950 bits per heavy atom. The minimum absolute atomic E-state index is 0.0712. The van der Waals surface area contributed by atoms with Gasteiger partial charge in [-0.25, -0.2) is 0 Å². The second-order valence-corrected chi connectivity index (χ2v) is 5.11.